The van der Waals surface area contributed by atoms with E-state index < -0.39 is 12.0 Å². The third-order valence-electron chi connectivity index (χ3n) is 1.90. The molecule has 0 saturated heterocycles. The van der Waals surface area contributed by atoms with Crippen LogP contribution in [0.4, 0.5) is 0 Å². The lowest BCUT2D eigenvalue weighted by molar-refractivity contribution is -0.138. The van der Waals surface area contributed by atoms with Crippen LogP contribution in [-0.4, -0.2) is 36.4 Å². The molecule has 0 aliphatic carbocycles. The summed E-state index contributed by atoms with van der Waals surface area (Å²) in [6, 6.07) is -0.675. The lowest BCUT2D eigenvalue weighted by Crippen LogP contribution is -2.38. The number of aliphatic carboxylic acids is 1. The normalized spacial score (nSPS) is 14.9. The zero-order valence-electron chi connectivity index (χ0n) is 9.69. The average molecular weight is 215 g/mol. The molecule has 4 nitrogen and oxygen atoms in total. The monoisotopic (exact) mass is 215 g/mol. The number of hydrogen-bond acceptors (Lipinski definition) is 3. The third kappa shape index (κ3) is 7.11. The van der Waals surface area contributed by atoms with E-state index in [1.165, 1.54) is 6.08 Å². The molecule has 15 heavy (non-hydrogen) atoms. The Hall–Kier alpha value is -0.870. The highest BCUT2D eigenvalue weighted by atomic mass is 16.5. The molecule has 1 unspecified atom stereocenters. The molecule has 2 N–H and O–H groups in total. The maximum Gasteiger partial charge on any atom is 0.324 e. The summed E-state index contributed by atoms with van der Waals surface area (Å²) in [5, 5.41) is 11.6. The molecule has 0 aromatic carbocycles. The molecule has 0 saturated carbocycles. The summed E-state index contributed by atoms with van der Waals surface area (Å²) in [6.07, 6.45) is 1.60. The van der Waals surface area contributed by atoms with E-state index in [2.05, 4.69) is 11.9 Å². The van der Waals surface area contributed by atoms with Crippen LogP contribution in [0.2, 0.25) is 0 Å². The van der Waals surface area contributed by atoms with Crippen LogP contribution in [0, 0.1) is 5.92 Å². The van der Waals surface area contributed by atoms with Gasteiger partial charge >= 0.3 is 5.97 Å². The fraction of sp³-hybridized carbons (Fsp3) is 0.727. The smallest absolute Gasteiger partial charge is 0.324 e. The topological polar surface area (TPSA) is 58.6 Å². The van der Waals surface area contributed by atoms with Gasteiger partial charge in [-0.2, -0.15) is 0 Å². The first-order valence-corrected chi connectivity index (χ1v) is 5.17. The van der Waals surface area contributed by atoms with Crippen molar-refractivity contribution in [3.05, 3.63) is 12.7 Å². The number of nitrogens with one attached hydrogen (secondary N) is 1. The highest BCUT2D eigenvalue weighted by Gasteiger charge is 2.13. The van der Waals surface area contributed by atoms with E-state index in [4.69, 9.17) is 9.84 Å². The molecule has 0 bridgehead atoms. The average Bonchev–Trinajstić information content (AvgIpc) is 2.15. The SMILES string of the molecule is C=C[C@H](NCC(C)COC(C)C)C(=O)O. The predicted octanol–water partition coefficient (Wildman–Crippen LogP) is 1.28. The number of ether oxygens (including phenoxy) is 1. The minimum absolute atomic E-state index is 0.210. The van der Waals surface area contributed by atoms with E-state index in [1.54, 1.807) is 0 Å². The lowest BCUT2D eigenvalue weighted by Gasteiger charge is -2.16. The predicted molar refractivity (Wildman–Crippen MR) is 59.9 cm³/mol. The number of hydrogen-bond donors (Lipinski definition) is 2. The molecule has 0 spiro atoms. The molecule has 0 heterocycles. The molecule has 0 aromatic rings. The van der Waals surface area contributed by atoms with E-state index >= 15 is 0 Å². The number of rotatable bonds is 8. The fourth-order valence-electron chi connectivity index (χ4n) is 1.02. The van der Waals surface area contributed by atoms with Gasteiger partial charge in [0, 0.05) is 6.54 Å². The maximum absolute atomic E-state index is 10.6. The Balaban J connectivity index is 3.73. The summed E-state index contributed by atoms with van der Waals surface area (Å²) >= 11 is 0. The summed E-state index contributed by atoms with van der Waals surface area (Å²) < 4.78 is 5.42. The Bertz CT molecular complexity index is 204. The molecule has 0 radical (unpaired) electrons. The molecule has 2 atom stereocenters. The van der Waals surface area contributed by atoms with Crippen molar-refractivity contribution in [2.75, 3.05) is 13.2 Å². The Labute approximate surface area is 91.3 Å². The highest BCUT2D eigenvalue weighted by Crippen LogP contribution is 1.98. The van der Waals surface area contributed by atoms with Gasteiger partial charge in [0.05, 0.1) is 12.7 Å². The Morgan fingerprint density at radius 1 is 1.53 bits per heavy atom. The van der Waals surface area contributed by atoms with E-state index in [1.807, 2.05) is 20.8 Å². The van der Waals surface area contributed by atoms with Crippen molar-refractivity contribution in [2.24, 2.45) is 5.92 Å². The van der Waals surface area contributed by atoms with Crippen molar-refractivity contribution in [1.29, 1.82) is 0 Å². The van der Waals surface area contributed by atoms with Crippen molar-refractivity contribution in [1.82, 2.24) is 5.32 Å². The summed E-state index contributed by atoms with van der Waals surface area (Å²) in [6.45, 7) is 10.7. The summed E-state index contributed by atoms with van der Waals surface area (Å²) in [5.74, 6) is -0.615. The minimum Gasteiger partial charge on any atom is -0.480 e. The van der Waals surface area contributed by atoms with Gasteiger partial charge in [0.25, 0.3) is 0 Å². The molecule has 88 valence electrons. The standard InChI is InChI=1S/C11H21NO3/c1-5-10(11(13)14)12-6-9(4)7-15-8(2)3/h5,8-10,12H,1,6-7H2,2-4H3,(H,13,14)/t9?,10-/m0/s1. The molecule has 0 aliphatic rings. The molecule has 0 rings (SSSR count). The number of carbonyl (C=O) groups is 1. The van der Waals surface area contributed by atoms with Gasteiger partial charge in [0.15, 0.2) is 0 Å². The zero-order chi connectivity index (χ0) is 11.8. The molecule has 4 heteroatoms. The van der Waals surface area contributed by atoms with Crippen LogP contribution in [0.1, 0.15) is 20.8 Å². The largest absolute Gasteiger partial charge is 0.480 e. The second kappa shape index (κ2) is 7.43. The van der Waals surface area contributed by atoms with E-state index in [0.29, 0.717) is 13.2 Å². The van der Waals surface area contributed by atoms with Crippen LogP contribution in [0.15, 0.2) is 12.7 Å². The van der Waals surface area contributed by atoms with Gasteiger partial charge in [0.1, 0.15) is 6.04 Å². The lowest BCUT2D eigenvalue weighted by atomic mass is 10.2. The van der Waals surface area contributed by atoms with Crippen LogP contribution in [0.3, 0.4) is 0 Å². The first-order valence-electron chi connectivity index (χ1n) is 5.17. The maximum atomic E-state index is 10.6. The van der Waals surface area contributed by atoms with Gasteiger partial charge in [-0.3, -0.25) is 4.79 Å². The van der Waals surface area contributed by atoms with Gasteiger partial charge in [-0.25, -0.2) is 0 Å². The van der Waals surface area contributed by atoms with Crippen molar-refractivity contribution >= 4 is 5.97 Å². The molecule has 0 aromatic heterocycles. The van der Waals surface area contributed by atoms with Crippen molar-refractivity contribution in [3.63, 3.8) is 0 Å². The fourth-order valence-corrected chi connectivity index (χ4v) is 1.02. The van der Waals surface area contributed by atoms with Gasteiger partial charge < -0.3 is 15.2 Å². The van der Waals surface area contributed by atoms with Gasteiger partial charge in [-0.1, -0.05) is 13.0 Å². The summed E-state index contributed by atoms with van der Waals surface area (Å²) in [5.41, 5.74) is 0. The summed E-state index contributed by atoms with van der Waals surface area (Å²) in [4.78, 5) is 10.6. The van der Waals surface area contributed by atoms with Crippen molar-refractivity contribution < 1.29 is 14.6 Å². The van der Waals surface area contributed by atoms with Crippen LogP contribution in [0.5, 0.6) is 0 Å². The first-order chi connectivity index (χ1) is 6.97. The van der Waals surface area contributed by atoms with Crippen LogP contribution < -0.4 is 5.32 Å². The van der Waals surface area contributed by atoms with Gasteiger partial charge in [0.2, 0.25) is 0 Å². The van der Waals surface area contributed by atoms with Crippen LogP contribution in [-0.2, 0) is 9.53 Å². The second-order valence-corrected chi connectivity index (χ2v) is 3.95. The Morgan fingerprint density at radius 2 is 2.13 bits per heavy atom. The zero-order valence-corrected chi connectivity index (χ0v) is 9.69. The third-order valence-corrected chi connectivity index (χ3v) is 1.90. The van der Waals surface area contributed by atoms with Gasteiger partial charge in [-0.05, 0) is 19.8 Å². The minimum atomic E-state index is -0.901. The van der Waals surface area contributed by atoms with Gasteiger partial charge in [-0.15, -0.1) is 6.58 Å². The molecular formula is C11H21NO3. The molecular weight excluding hydrogens is 194 g/mol. The first kappa shape index (κ1) is 14.1. The van der Waals surface area contributed by atoms with E-state index in [-0.39, 0.29) is 12.0 Å². The van der Waals surface area contributed by atoms with Crippen molar-refractivity contribution in [3.8, 4) is 0 Å². The second-order valence-electron chi connectivity index (χ2n) is 3.95. The number of carboxylic acids is 1. The van der Waals surface area contributed by atoms with Crippen molar-refractivity contribution in [2.45, 2.75) is 32.9 Å². The van der Waals surface area contributed by atoms with E-state index in [0.717, 1.165) is 0 Å². The number of carboxylic acid groups (broad SMARTS) is 1. The summed E-state index contributed by atoms with van der Waals surface area (Å²) in [7, 11) is 0. The highest BCUT2D eigenvalue weighted by molar-refractivity contribution is 5.75. The Kier molecular flexibility index (Phi) is 6.99. The molecule has 0 fully saturated rings. The molecule has 0 amide bonds. The van der Waals surface area contributed by atoms with Crippen LogP contribution in [0.25, 0.3) is 0 Å². The van der Waals surface area contributed by atoms with E-state index in [9.17, 15) is 4.79 Å². The Morgan fingerprint density at radius 3 is 2.53 bits per heavy atom. The quantitative estimate of drug-likeness (QED) is 0.599. The van der Waals surface area contributed by atoms with Crippen LogP contribution >= 0.6 is 0 Å². The molecule has 0 aliphatic heterocycles.